The number of carbonyl (C=O) groups is 4. The summed E-state index contributed by atoms with van der Waals surface area (Å²) in [6.07, 6.45) is 2.44. The van der Waals surface area contributed by atoms with Crippen LogP contribution in [0.4, 0.5) is 10.5 Å². The maximum atomic E-state index is 13.6. The average Bonchev–Trinajstić information content (AvgIpc) is 3.52. The number of aryl methyl sites for hydroxylation is 1. The van der Waals surface area contributed by atoms with E-state index < -0.39 is 57.7 Å². The van der Waals surface area contributed by atoms with Gasteiger partial charge in [-0.1, -0.05) is 36.2 Å². The van der Waals surface area contributed by atoms with E-state index in [1.54, 1.807) is 51.1 Å². The van der Waals surface area contributed by atoms with Gasteiger partial charge in [0.05, 0.1) is 16.6 Å². The zero-order valence-electron chi connectivity index (χ0n) is 26.1. The fourth-order valence-electron chi connectivity index (χ4n) is 5.18. The third-order valence-electron chi connectivity index (χ3n) is 7.47. The van der Waals surface area contributed by atoms with Crippen LogP contribution in [0, 0.1) is 6.92 Å². The fraction of sp³-hybridized carbons (Fsp3) is 0.500. The molecule has 12 nitrogen and oxygen atoms in total. The first-order valence-corrected chi connectivity index (χ1v) is 16.7. The molecule has 4 rings (SSSR count). The van der Waals surface area contributed by atoms with Crippen LogP contribution in [0.15, 0.2) is 53.4 Å². The van der Waals surface area contributed by atoms with Gasteiger partial charge in [0.15, 0.2) is 0 Å². The quantitative estimate of drug-likeness (QED) is 0.274. The van der Waals surface area contributed by atoms with Gasteiger partial charge in [-0.05, 0) is 103 Å². The minimum Gasteiger partial charge on any atom is -0.443 e. The maximum Gasteiger partial charge on any atom is 0.421 e. The number of sulfonamides is 1. The highest BCUT2D eigenvalue weighted by Gasteiger charge is 2.35. The number of amides is 2. The lowest BCUT2D eigenvalue weighted by atomic mass is 10.0. The van der Waals surface area contributed by atoms with Crippen molar-refractivity contribution in [2.75, 3.05) is 18.0 Å². The summed E-state index contributed by atoms with van der Waals surface area (Å²) in [5, 5.41) is 6.12. The molecular formula is C32H42N4O8S. The van der Waals surface area contributed by atoms with E-state index in [-0.39, 0.29) is 17.0 Å². The van der Waals surface area contributed by atoms with Crippen LogP contribution in [0.1, 0.15) is 64.0 Å². The van der Waals surface area contributed by atoms with Gasteiger partial charge in [0.2, 0.25) is 10.0 Å². The molecule has 2 amide bonds. The lowest BCUT2D eigenvalue weighted by molar-refractivity contribution is -0.162. The zero-order chi connectivity index (χ0) is 32.8. The number of anilines is 1. The van der Waals surface area contributed by atoms with Crippen molar-refractivity contribution in [3.63, 3.8) is 0 Å². The molecule has 1 unspecified atom stereocenters. The SMILES string of the molecule is Cc1ccc(S(=O)(=O)N[C@@H](Cc2cccc(N(C(=O)OC(C)(C)C)C(=O)C3CCCCN3)c2)C(=O)OC(=O)[C@@H]2CCCN2)cc1. The third kappa shape index (κ3) is 9.42. The molecule has 45 heavy (non-hydrogen) atoms. The molecule has 0 spiro atoms. The van der Waals surface area contributed by atoms with Crippen molar-refractivity contribution in [1.82, 2.24) is 15.4 Å². The smallest absolute Gasteiger partial charge is 0.421 e. The minimum absolute atomic E-state index is 0.0647. The molecule has 0 saturated carbocycles. The van der Waals surface area contributed by atoms with Crippen molar-refractivity contribution < 1.29 is 37.1 Å². The predicted molar refractivity (Wildman–Crippen MR) is 167 cm³/mol. The molecule has 2 fully saturated rings. The Balaban J connectivity index is 1.64. The summed E-state index contributed by atoms with van der Waals surface area (Å²) in [6.45, 7) is 8.15. The number of hydrogen-bond acceptors (Lipinski definition) is 10. The fourth-order valence-corrected chi connectivity index (χ4v) is 6.36. The summed E-state index contributed by atoms with van der Waals surface area (Å²) in [5.74, 6) is -2.33. The first-order chi connectivity index (χ1) is 21.2. The van der Waals surface area contributed by atoms with Gasteiger partial charge < -0.3 is 20.1 Å². The van der Waals surface area contributed by atoms with E-state index in [2.05, 4.69) is 15.4 Å². The van der Waals surface area contributed by atoms with Gasteiger partial charge in [-0.15, -0.1) is 0 Å². The Bertz CT molecular complexity index is 1490. The summed E-state index contributed by atoms with van der Waals surface area (Å²) >= 11 is 0. The standard InChI is InChI=1S/C32H42N4O8S/c1-21-13-15-24(16-14-21)45(41,42)35-27(30(39)43-29(38)26-12-8-18-34-26)20-22-9-7-10-23(19-22)36(31(40)44-32(2,3)4)28(37)25-11-5-6-17-33-25/h7,9-10,13-16,19,25-27,33-35H,5-6,8,11-12,17-18,20H2,1-4H3/t25?,26-,27-/m0/s1. The van der Waals surface area contributed by atoms with E-state index in [1.165, 1.54) is 18.2 Å². The number of benzene rings is 2. The molecule has 244 valence electrons. The summed E-state index contributed by atoms with van der Waals surface area (Å²) in [6, 6.07) is 9.64. The monoisotopic (exact) mass is 642 g/mol. The van der Waals surface area contributed by atoms with Crippen molar-refractivity contribution in [1.29, 1.82) is 0 Å². The van der Waals surface area contributed by atoms with Crippen LogP contribution in [0.2, 0.25) is 0 Å². The number of esters is 2. The normalized spacial score (nSPS) is 19.4. The second kappa shape index (κ2) is 14.6. The molecule has 3 N–H and O–H groups in total. The molecule has 0 radical (unpaired) electrons. The Morgan fingerprint density at radius 1 is 0.956 bits per heavy atom. The Morgan fingerprint density at radius 3 is 2.24 bits per heavy atom. The van der Waals surface area contributed by atoms with Gasteiger partial charge in [-0.25, -0.2) is 27.7 Å². The molecule has 2 aliphatic rings. The Morgan fingerprint density at radius 2 is 1.62 bits per heavy atom. The molecule has 2 aliphatic heterocycles. The summed E-state index contributed by atoms with van der Waals surface area (Å²) in [7, 11) is -4.21. The molecule has 0 aliphatic carbocycles. The number of rotatable bonds is 9. The van der Waals surface area contributed by atoms with Gasteiger partial charge in [-0.2, -0.15) is 4.72 Å². The van der Waals surface area contributed by atoms with E-state index in [9.17, 15) is 27.6 Å². The van der Waals surface area contributed by atoms with E-state index >= 15 is 0 Å². The summed E-state index contributed by atoms with van der Waals surface area (Å²) in [5.41, 5.74) is 0.574. The summed E-state index contributed by atoms with van der Waals surface area (Å²) in [4.78, 5) is 53.9. The molecule has 2 heterocycles. The number of imide groups is 1. The lowest BCUT2D eigenvalue weighted by Crippen LogP contribution is -2.52. The minimum atomic E-state index is -4.21. The van der Waals surface area contributed by atoms with Crippen LogP contribution < -0.4 is 20.3 Å². The Labute approximate surface area is 264 Å². The number of ether oxygens (including phenoxy) is 2. The van der Waals surface area contributed by atoms with Gasteiger partial charge in [0.1, 0.15) is 17.7 Å². The van der Waals surface area contributed by atoms with Crippen LogP contribution in [0.25, 0.3) is 0 Å². The van der Waals surface area contributed by atoms with Crippen LogP contribution in [-0.4, -0.2) is 69.2 Å². The molecule has 2 aromatic carbocycles. The number of nitrogens with zero attached hydrogens (tertiary/aromatic N) is 1. The summed E-state index contributed by atoms with van der Waals surface area (Å²) < 4.78 is 39.7. The first kappa shape index (κ1) is 34.2. The van der Waals surface area contributed by atoms with E-state index in [0.29, 0.717) is 31.5 Å². The highest BCUT2D eigenvalue weighted by Crippen LogP contribution is 2.24. The van der Waals surface area contributed by atoms with Crippen molar-refractivity contribution in [3.8, 4) is 0 Å². The predicted octanol–water partition coefficient (Wildman–Crippen LogP) is 3.12. The van der Waals surface area contributed by atoms with Crippen molar-refractivity contribution >= 4 is 39.6 Å². The highest BCUT2D eigenvalue weighted by molar-refractivity contribution is 7.89. The van der Waals surface area contributed by atoms with Crippen LogP contribution in [-0.2, 0) is 40.3 Å². The average molecular weight is 643 g/mol. The molecular weight excluding hydrogens is 600 g/mol. The largest absolute Gasteiger partial charge is 0.443 e. The maximum absolute atomic E-state index is 13.6. The van der Waals surface area contributed by atoms with E-state index in [4.69, 9.17) is 9.47 Å². The molecule has 13 heteroatoms. The third-order valence-corrected chi connectivity index (χ3v) is 8.96. The van der Waals surface area contributed by atoms with Gasteiger partial charge in [0.25, 0.3) is 5.91 Å². The molecule has 3 atom stereocenters. The van der Waals surface area contributed by atoms with Crippen molar-refractivity contribution in [2.45, 2.75) is 94.8 Å². The molecule has 0 bridgehead atoms. The number of piperidine rings is 1. The number of nitrogens with one attached hydrogen (secondary N) is 3. The second-order valence-corrected chi connectivity index (χ2v) is 14.1. The van der Waals surface area contributed by atoms with Gasteiger partial charge in [0, 0.05) is 0 Å². The topological polar surface area (TPSA) is 160 Å². The molecule has 2 saturated heterocycles. The van der Waals surface area contributed by atoms with E-state index in [0.717, 1.165) is 29.7 Å². The molecule has 2 aromatic rings. The van der Waals surface area contributed by atoms with E-state index in [1.807, 2.05) is 6.92 Å². The lowest BCUT2D eigenvalue weighted by Gasteiger charge is -2.31. The zero-order valence-corrected chi connectivity index (χ0v) is 26.9. The Kier molecular flexibility index (Phi) is 11.1. The van der Waals surface area contributed by atoms with Gasteiger partial charge in [-0.3, -0.25) is 4.79 Å². The van der Waals surface area contributed by atoms with Crippen LogP contribution in [0.3, 0.4) is 0 Å². The Hall–Kier alpha value is -3.65. The van der Waals surface area contributed by atoms with Crippen molar-refractivity contribution in [3.05, 3.63) is 59.7 Å². The van der Waals surface area contributed by atoms with Crippen LogP contribution >= 0.6 is 0 Å². The number of hydrogen-bond donors (Lipinski definition) is 3. The van der Waals surface area contributed by atoms with Gasteiger partial charge >= 0.3 is 18.0 Å². The number of carbonyl (C=O) groups excluding carboxylic acids is 4. The highest BCUT2D eigenvalue weighted by atomic mass is 32.2. The first-order valence-electron chi connectivity index (χ1n) is 15.2. The molecule has 0 aromatic heterocycles. The van der Waals surface area contributed by atoms with Crippen LogP contribution in [0.5, 0.6) is 0 Å². The van der Waals surface area contributed by atoms with Crippen molar-refractivity contribution in [2.24, 2.45) is 0 Å². The second-order valence-electron chi connectivity index (χ2n) is 12.4.